The average Bonchev–Trinajstić information content (AvgIpc) is 2.91. The molecule has 0 aromatic heterocycles. The summed E-state index contributed by atoms with van der Waals surface area (Å²) in [5.74, 6) is 0.365. The van der Waals surface area contributed by atoms with Crippen molar-refractivity contribution in [1.82, 2.24) is 21.3 Å². The number of carbonyl (C=O) groups excluding carboxylic acids is 1. The van der Waals surface area contributed by atoms with E-state index >= 15 is 0 Å². The SMILES string of the molecule is Cc1cccc(C2NNN3C4CCCCC4C(=O)NC23)c1. The van der Waals surface area contributed by atoms with Gasteiger partial charge in [-0.1, -0.05) is 42.7 Å². The minimum absolute atomic E-state index is 0.00125. The minimum atomic E-state index is -0.00125. The Morgan fingerprint density at radius 2 is 2.10 bits per heavy atom. The lowest BCUT2D eigenvalue weighted by Gasteiger charge is -2.44. The lowest BCUT2D eigenvalue weighted by Crippen LogP contribution is -2.64. The molecule has 1 amide bonds. The van der Waals surface area contributed by atoms with Gasteiger partial charge in [-0.3, -0.25) is 4.79 Å². The van der Waals surface area contributed by atoms with Crippen LogP contribution in [0.3, 0.4) is 0 Å². The van der Waals surface area contributed by atoms with Gasteiger partial charge in [0.2, 0.25) is 5.91 Å². The molecule has 3 aliphatic rings. The fraction of sp³-hybridized carbons (Fsp3) is 0.562. The van der Waals surface area contributed by atoms with Crippen LogP contribution in [0.1, 0.15) is 42.9 Å². The molecule has 2 aliphatic heterocycles. The zero-order valence-electron chi connectivity index (χ0n) is 12.3. The predicted octanol–water partition coefficient (Wildman–Crippen LogP) is 1.38. The molecule has 0 spiro atoms. The van der Waals surface area contributed by atoms with Crippen molar-refractivity contribution >= 4 is 5.91 Å². The smallest absolute Gasteiger partial charge is 0.226 e. The Hall–Kier alpha value is -1.43. The van der Waals surface area contributed by atoms with E-state index < -0.39 is 0 Å². The molecular formula is C16H22N4O. The van der Waals surface area contributed by atoms with Crippen LogP contribution in [0.2, 0.25) is 0 Å². The topological polar surface area (TPSA) is 56.4 Å². The molecule has 1 saturated carbocycles. The molecule has 112 valence electrons. The van der Waals surface area contributed by atoms with Gasteiger partial charge < -0.3 is 5.32 Å². The summed E-state index contributed by atoms with van der Waals surface area (Å²) in [5.41, 5.74) is 9.13. The number of nitrogens with zero attached hydrogens (tertiary/aromatic N) is 1. The zero-order chi connectivity index (χ0) is 14.4. The van der Waals surface area contributed by atoms with E-state index in [1.165, 1.54) is 24.0 Å². The summed E-state index contributed by atoms with van der Waals surface area (Å²) < 4.78 is 0. The first kappa shape index (κ1) is 13.2. The summed E-state index contributed by atoms with van der Waals surface area (Å²) >= 11 is 0. The maximum absolute atomic E-state index is 12.4. The van der Waals surface area contributed by atoms with Gasteiger partial charge in [-0.2, -0.15) is 5.53 Å². The van der Waals surface area contributed by atoms with Gasteiger partial charge in [-0.25, -0.2) is 10.4 Å². The van der Waals surface area contributed by atoms with Crippen molar-refractivity contribution < 1.29 is 4.79 Å². The molecule has 1 aromatic rings. The number of fused-ring (bicyclic) bond motifs is 3. The maximum Gasteiger partial charge on any atom is 0.226 e. The van der Waals surface area contributed by atoms with Crippen molar-refractivity contribution in [3.8, 4) is 0 Å². The van der Waals surface area contributed by atoms with E-state index in [0.717, 1.165) is 12.8 Å². The van der Waals surface area contributed by atoms with E-state index in [4.69, 9.17) is 0 Å². The third-order valence-electron chi connectivity index (χ3n) is 5.08. The molecule has 1 aliphatic carbocycles. The number of carbonyl (C=O) groups is 1. The quantitative estimate of drug-likeness (QED) is 0.730. The van der Waals surface area contributed by atoms with Crippen LogP contribution >= 0.6 is 0 Å². The zero-order valence-corrected chi connectivity index (χ0v) is 12.3. The minimum Gasteiger partial charge on any atom is -0.337 e. The molecule has 21 heavy (non-hydrogen) atoms. The van der Waals surface area contributed by atoms with E-state index in [-0.39, 0.29) is 24.0 Å². The van der Waals surface area contributed by atoms with E-state index in [1.807, 2.05) is 0 Å². The van der Waals surface area contributed by atoms with Gasteiger partial charge in [-0.15, -0.1) is 0 Å². The van der Waals surface area contributed by atoms with E-state index in [0.29, 0.717) is 6.04 Å². The van der Waals surface area contributed by atoms with Gasteiger partial charge in [0, 0.05) is 6.04 Å². The maximum atomic E-state index is 12.4. The Balaban J connectivity index is 1.62. The fourth-order valence-corrected chi connectivity index (χ4v) is 4.03. The van der Waals surface area contributed by atoms with Crippen LogP contribution in [-0.2, 0) is 4.79 Å². The molecule has 3 N–H and O–H groups in total. The molecule has 2 saturated heterocycles. The highest BCUT2D eigenvalue weighted by Crippen LogP contribution is 2.36. The first-order valence-electron chi connectivity index (χ1n) is 7.90. The summed E-state index contributed by atoms with van der Waals surface area (Å²) in [6.45, 7) is 2.10. The number of hydrogen-bond donors (Lipinski definition) is 3. The molecule has 2 heterocycles. The number of hydrogen-bond acceptors (Lipinski definition) is 4. The molecule has 5 nitrogen and oxygen atoms in total. The highest BCUT2D eigenvalue weighted by atomic mass is 16.2. The first-order valence-corrected chi connectivity index (χ1v) is 7.90. The van der Waals surface area contributed by atoms with Gasteiger partial charge in [0.25, 0.3) is 0 Å². The molecular weight excluding hydrogens is 264 g/mol. The van der Waals surface area contributed by atoms with Crippen molar-refractivity contribution in [2.24, 2.45) is 5.92 Å². The van der Waals surface area contributed by atoms with Crippen LogP contribution in [-0.4, -0.2) is 23.1 Å². The largest absolute Gasteiger partial charge is 0.337 e. The molecule has 4 rings (SSSR count). The second-order valence-electron chi connectivity index (χ2n) is 6.47. The Morgan fingerprint density at radius 3 is 2.95 bits per heavy atom. The molecule has 0 bridgehead atoms. The van der Waals surface area contributed by atoms with Crippen molar-refractivity contribution in [3.63, 3.8) is 0 Å². The van der Waals surface area contributed by atoms with Crippen LogP contribution < -0.4 is 16.3 Å². The average molecular weight is 286 g/mol. The number of amides is 1. The summed E-state index contributed by atoms with van der Waals surface area (Å²) in [7, 11) is 0. The van der Waals surface area contributed by atoms with Gasteiger partial charge in [0.15, 0.2) is 0 Å². The molecule has 3 fully saturated rings. The number of benzene rings is 1. The highest BCUT2D eigenvalue weighted by molar-refractivity contribution is 5.80. The molecule has 4 atom stereocenters. The van der Waals surface area contributed by atoms with Gasteiger partial charge in [0.1, 0.15) is 6.17 Å². The monoisotopic (exact) mass is 286 g/mol. The standard InChI is InChI=1S/C16H22N4O/c1-10-5-4-6-11(9-10)14-15-17-16(21)12-7-2-3-8-13(12)20(15)19-18-14/h4-6,9,12-15,18-19H,2-3,7-8H2,1H3,(H,17,21). The first-order chi connectivity index (χ1) is 10.2. The second-order valence-corrected chi connectivity index (χ2v) is 6.47. The van der Waals surface area contributed by atoms with Crippen molar-refractivity contribution in [1.29, 1.82) is 0 Å². The normalized spacial score (nSPS) is 36.0. The Labute approximate surface area is 125 Å². The van der Waals surface area contributed by atoms with Crippen molar-refractivity contribution in [2.45, 2.75) is 50.9 Å². The fourth-order valence-electron chi connectivity index (χ4n) is 4.03. The molecule has 0 radical (unpaired) electrons. The second kappa shape index (κ2) is 5.09. The highest BCUT2D eigenvalue weighted by Gasteiger charge is 2.49. The third kappa shape index (κ3) is 2.16. The molecule has 1 aromatic carbocycles. The Bertz CT molecular complexity index is 561. The van der Waals surface area contributed by atoms with Crippen LogP contribution in [0.25, 0.3) is 0 Å². The Kier molecular flexibility index (Phi) is 3.21. The lowest BCUT2D eigenvalue weighted by atomic mass is 9.81. The summed E-state index contributed by atoms with van der Waals surface area (Å²) in [4.78, 5) is 12.4. The van der Waals surface area contributed by atoms with Crippen LogP contribution in [0, 0.1) is 12.8 Å². The molecule has 4 unspecified atom stereocenters. The number of rotatable bonds is 1. The van der Waals surface area contributed by atoms with Crippen LogP contribution in [0.4, 0.5) is 0 Å². The number of nitrogens with one attached hydrogen (secondary N) is 3. The van der Waals surface area contributed by atoms with Gasteiger partial charge in [-0.05, 0) is 25.3 Å². The summed E-state index contributed by atoms with van der Waals surface area (Å²) in [5, 5.41) is 5.44. The van der Waals surface area contributed by atoms with E-state index in [2.05, 4.69) is 52.5 Å². The lowest BCUT2D eigenvalue weighted by molar-refractivity contribution is -0.139. The number of hydrazine groups is 2. The number of aryl methyl sites for hydroxylation is 1. The van der Waals surface area contributed by atoms with Gasteiger partial charge >= 0.3 is 0 Å². The third-order valence-corrected chi connectivity index (χ3v) is 5.08. The van der Waals surface area contributed by atoms with Crippen LogP contribution in [0.5, 0.6) is 0 Å². The summed E-state index contributed by atoms with van der Waals surface area (Å²) in [6.07, 6.45) is 4.50. The summed E-state index contributed by atoms with van der Waals surface area (Å²) in [6, 6.07) is 8.89. The Morgan fingerprint density at radius 1 is 1.24 bits per heavy atom. The molecule has 5 heteroatoms. The van der Waals surface area contributed by atoms with Crippen molar-refractivity contribution in [2.75, 3.05) is 0 Å². The van der Waals surface area contributed by atoms with E-state index in [1.54, 1.807) is 0 Å². The van der Waals surface area contributed by atoms with Gasteiger partial charge in [0.05, 0.1) is 12.0 Å². The van der Waals surface area contributed by atoms with Crippen LogP contribution in [0.15, 0.2) is 24.3 Å². The van der Waals surface area contributed by atoms with Crippen molar-refractivity contribution in [3.05, 3.63) is 35.4 Å². The predicted molar refractivity (Wildman–Crippen MR) is 79.7 cm³/mol. The van der Waals surface area contributed by atoms with E-state index in [9.17, 15) is 4.79 Å².